The second-order valence-corrected chi connectivity index (χ2v) is 6.58. The third kappa shape index (κ3) is 2.83. The standard InChI is InChI=1S/C11H13BF3N2O2S/c1-20(18,19)17-7-8(6-11(16)12(13,14)15)9-4-2-3-5-10(9)17/h2-5,7,11H,6,16H2,1H3/q-1. The van der Waals surface area contributed by atoms with Crippen molar-refractivity contribution in [1.29, 1.82) is 0 Å². The molecule has 20 heavy (non-hydrogen) atoms. The van der Waals surface area contributed by atoms with Gasteiger partial charge in [-0.25, -0.2) is 12.4 Å². The summed E-state index contributed by atoms with van der Waals surface area (Å²) >= 11 is 0. The van der Waals surface area contributed by atoms with Crippen LogP contribution >= 0.6 is 0 Å². The average molecular weight is 305 g/mol. The van der Waals surface area contributed by atoms with Crippen LogP contribution in [-0.2, 0) is 16.4 Å². The summed E-state index contributed by atoms with van der Waals surface area (Å²) in [5.41, 5.74) is 5.77. The number of halogens is 3. The van der Waals surface area contributed by atoms with Crippen LogP contribution in [0, 0.1) is 0 Å². The summed E-state index contributed by atoms with van der Waals surface area (Å²) in [5.74, 6) is -1.96. The fraction of sp³-hybridized carbons (Fsp3) is 0.273. The SMILES string of the molecule is CS(=O)(=O)n1cc(CC(N)[B-](F)(F)F)c2ccccc21. The fourth-order valence-electron chi connectivity index (χ4n) is 2.04. The van der Waals surface area contributed by atoms with Gasteiger partial charge in [-0.05, 0) is 24.0 Å². The maximum absolute atomic E-state index is 12.6. The van der Waals surface area contributed by atoms with Crippen LogP contribution in [0.5, 0.6) is 0 Å². The normalized spacial score (nSPS) is 14.7. The van der Waals surface area contributed by atoms with E-state index in [1.165, 1.54) is 6.20 Å². The van der Waals surface area contributed by atoms with Gasteiger partial charge in [0.1, 0.15) is 0 Å². The van der Waals surface area contributed by atoms with Gasteiger partial charge in [0.05, 0.1) is 11.8 Å². The number of fused-ring (bicyclic) bond motifs is 1. The Labute approximate surface area is 114 Å². The molecule has 0 bridgehead atoms. The zero-order valence-electron chi connectivity index (χ0n) is 10.6. The molecule has 1 heterocycles. The minimum absolute atomic E-state index is 0.276. The highest BCUT2D eigenvalue weighted by Gasteiger charge is 2.32. The van der Waals surface area contributed by atoms with Crippen LogP contribution < -0.4 is 5.73 Å². The first-order valence-electron chi connectivity index (χ1n) is 5.86. The monoisotopic (exact) mass is 305 g/mol. The molecule has 1 aromatic carbocycles. The van der Waals surface area contributed by atoms with Crippen molar-refractivity contribution in [3.63, 3.8) is 0 Å². The molecule has 0 aliphatic rings. The molecular formula is C11H13BF3N2O2S-. The highest BCUT2D eigenvalue weighted by molar-refractivity contribution is 7.89. The van der Waals surface area contributed by atoms with Crippen LogP contribution in [-0.4, -0.2) is 31.6 Å². The van der Waals surface area contributed by atoms with E-state index in [0.717, 1.165) is 10.2 Å². The van der Waals surface area contributed by atoms with Crippen molar-refractivity contribution in [2.75, 3.05) is 6.26 Å². The van der Waals surface area contributed by atoms with Crippen LogP contribution in [0.15, 0.2) is 30.5 Å². The van der Waals surface area contributed by atoms with E-state index in [9.17, 15) is 21.4 Å². The van der Waals surface area contributed by atoms with E-state index in [-0.39, 0.29) is 5.56 Å². The van der Waals surface area contributed by atoms with E-state index >= 15 is 0 Å². The summed E-state index contributed by atoms with van der Waals surface area (Å²) < 4.78 is 62.1. The fourth-order valence-corrected chi connectivity index (χ4v) is 2.88. The van der Waals surface area contributed by atoms with Crippen molar-refractivity contribution in [2.45, 2.75) is 12.4 Å². The Kier molecular flexibility index (Phi) is 3.59. The first-order valence-corrected chi connectivity index (χ1v) is 7.70. The largest absolute Gasteiger partial charge is 0.494 e. The summed E-state index contributed by atoms with van der Waals surface area (Å²) in [6.45, 7) is -5.16. The quantitative estimate of drug-likeness (QED) is 0.875. The summed E-state index contributed by atoms with van der Waals surface area (Å²) in [5, 5.41) is 0.466. The Bertz CT molecular complexity index is 740. The Morgan fingerprint density at radius 2 is 1.90 bits per heavy atom. The number of nitrogens with two attached hydrogens (primary N) is 1. The second kappa shape index (κ2) is 4.82. The summed E-state index contributed by atoms with van der Waals surface area (Å²) in [6, 6.07) is 6.40. The van der Waals surface area contributed by atoms with Crippen molar-refractivity contribution in [3.8, 4) is 0 Å². The first kappa shape index (κ1) is 14.9. The molecule has 1 unspecified atom stereocenters. The molecule has 0 saturated carbocycles. The lowest BCUT2D eigenvalue weighted by Crippen LogP contribution is -2.44. The van der Waals surface area contributed by atoms with Gasteiger partial charge in [0.2, 0.25) is 10.0 Å². The molecule has 1 aromatic heterocycles. The highest BCUT2D eigenvalue weighted by Crippen LogP contribution is 2.25. The number of benzene rings is 1. The van der Waals surface area contributed by atoms with Gasteiger partial charge in [0.15, 0.2) is 0 Å². The Morgan fingerprint density at radius 1 is 1.30 bits per heavy atom. The lowest BCUT2D eigenvalue weighted by atomic mass is 9.76. The van der Waals surface area contributed by atoms with Gasteiger partial charge in [-0.3, -0.25) is 0 Å². The molecule has 1 atom stereocenters. The molecule has 0 aliphatic carbocycles. The van der Waals surface area contributed by atoms with Crippen molar-refractivity contribution in [2.24, 2.45) is 5.73 Å². The topological polar surface area (TPSA) is 65.1 Å². The van der Waals surface area contributed by atoms with E-state index in [2.05, 4.69) is 0 Å². The molecule has 0 saturated heterocycles. The van der Waals surface area contributed by atoms with E-state index < -0.39 is 29.4 Å². The van der Waals surface area contributed by atoms with Crippen LogP contribution in [0.25, 0.3) is 10.9 Å². The number of nitrogens with zero attached hydrogens (tertiary/aromatic N) is 1. The molecule has 0 radical (unpaired) electrons. The lowest BCUT2D eigenvalue weighted by Gasteiger charge is -2.22. The predicted octanol–water partition coefficient (Wildman–Crippen LogP) is 1.71. The van der Waals surface area contributed by atoms with E-state index in [4.69, 9.17) is 5.73 Å². The molecular weight excluding hydrogens is 292 g/mol. The molecule has 2 aromatic rings. The lowest BCUT2D eigenvalue weighted by molar-refractivity contribution is 0.436. The van der Waals surface area contributed by atoms with Crippen molar-refractivity contribution in [3.05, 3.63) is 36.0 Å². The van der Waals surface area contributed by atoms with Crippen molar-refractivity contribution in [1.82, 2.24) is 3.97 Å². The summed E-state index contributed by atoms with van der Waals surface area (Å²) in [4.78, 5) is 0. The molecule has 0 fully saturated rings. The van der Waals surface area contributed by atoms with Crippen LogP contribution in [0.3, 0.4) is 0 Å². The molecule has 0 aliphatic heterocycles. The minimum Gasteiger partial charge on any atom is -0.448 e. The smallest absolute Gasteiger partial charge is 0.448 e. The molecule has 4 nitrogen and oxygen atoms in total. The molecule has 2 rings (SSSR count). The molecule has 9 heteroatoms. The first-order chi connectivity index (χ1) is 9.10. The van der Waals surface area contributed by atoms with Gasteiger partial charge in [0.25, 0.3) is 0 Å². The van der Waals surface area contributed by atoms with E-state index in [1.807, 2.05) is 0 Å². The zero-order valence-corrected chi connectivity index (χ0v) is 11.4. The number of hydrogen-bond donors (Lipinski definition) is 1. The van der Waals surface area contributed by atoms with Crippen LogP contribution in [0.4, 0.5) is 12.9 Å². The van der Waals surface area contributed by atoms with Crippen LogP contribution in [0.2, 0.25) is 0 Å². The number of rotatable bonds is 4. The van der Waals surface area contributed by atoms with Gasteiger partial charge < -0.3 is 18.7 Å². The van der Waals surface area contributed by atoms with Crippen LogP contribution in [0.1, 0.15) is 5.56 Å². The number of aromatic nitrogens is 1. The Morgan fingerprint density at radius 3 is 2.45 bits per heavy atom. The maximum atomic E-state index is 12.6. The van der Waals surface area contributed by atoms with Gasteiger partial charge in [-0.1, -0.05) is 18.2 Å². The average Bonchev–Trinajstić information content (AvgIpc) is 2.67. The molecule has 0 amide bonds. The Balaban J connectivity index is 2.56. The molecule has 110 valence electrons. The number of hydrogen-bond acceptors (Lipinski definition) is 3. The third-order valence-electron chi connectivity index (χ3n) is 3.06. The number of para-hydroxylation sites is 1. The maximum Gasteiger partial charge on any atom is 0.494 e. The third-order valence-corrected chi connectivity index (χ3v) is 4.08. The highest BCUT2D eigenvalue weighted by atomic mass is 32.2. The van der Waals surface area contributed by atoms with Gasteiger partial charge in [-0.2, -0.15) is 0 Å². The molecule has 0 spiro atoms. The summed E-state index contributed by atoms with van der Waals surface area (Å²) in [6.07, 6.45) is 1.77. The van der Waals surface area contributed by atoms with Gasteiger partial charge >= 0.3 is 6.98 Å². The Hall–Kier alpha value is -1.48. The minimum atomic E-state index is -5.16. The van der Waals surface area contributed by atoms with Crippen molar-refractivity contribution >= 4 is 27.9 Å². The zero-order chi connectivity index (χ0) is 15.1. The van der Waals surface area contributed by atoms with Crippen molar-refractivity contribution < 1.29 is 21.4 Å². The molecule has 2 N–H and O–H groups in total. The van der Waals surface area contributed by atoms with E-state index in [0.29, 0.717) is 10.9 Å². The van der Waals surface area contributed by atoms with Gasteiger partial charge in [-0.15, -0.1) is 0 Å². The summed E-state index contributed by atoms with van der Waals surface area (Å²) in [7, 11) is -3.58. The predicted molar refractivity (Wildman–Crippen MR) is 72.9 cm³/mol. The second-order valence-electron chi connectivity index (χ2n) is 4.72. The van der Waals surface area contributed by atoms with E-state index in [1.54, 1.807) is 24.3 Å². The van der Waals surface area contributed by atoms with Gasteiger partial charge in [0, 0.05) is 11.6 Å².